The van der Waals surface area contributed by atoms with Crippen LogP contribution in [-0.2, 0) is 4.74 Å². The van der Waals surface area contributed by atoms with E-state index in [1.165, 1.54) is 24.5 Å². The van der Waals surface area contributed by atoms with Crippen LogP contribution in [0.1, 0.15) is 59.4 Å². The van der Waals surface area contributed by atoms with Crippen molar-refractivity contribution in [2.75, 3.05) is 13.2 Å². The lowest BCUT2D eigenvalue weighted by molar-refractivity contribution is 0.0493. The summed E-state index contributed by atoms with van der Waals surface area (Å²) in [6.07, 6.45) is 7.13. The largest absolute Gasteiger partial charge is 0.508 e. The first kappa shape index (κ1) is 28.3. The summed E-state index contributed by atoms with van der Waals surface area (Å²) in [5.74, 6) is -1.30. The van der Waals surface area contributed by atoms with Gasteiger partial charge in [0.15, 0.2) is 0 Å². The van der Waals surface area contributed by atoms with E-state index in [1.54, 1.807) is 6.07 Å². The number of rotatable bonds is 14. The van der Waals surface area contributed by atoms with Crippen LogP contribution in [0.5, 0.6) is 17.2 Å². The highest BCUT2D eigenvalue weighted by atomic mass is 16.5. The third kappa shape index (κ3) is 7.66. The molecule has 1 heterocycles. The van der Waals surface area contributed by atoms with Gasteiger partial charge in [-0.2, -0.15) is 0 Å². The highest BCUT2D eigenvalue weighted by molar-refractivity contribution is 5.93. The van der Waals surface area contributed by atoms with Gasteiger partial charge in [0, 0.05) is 5.56 Å². The second-order valence-corrected chi connectivity index (χ2v) is 9.38. The molecule has 0 radical (unpaired) electrons. The molecule has 8 nitrogen and oxygen atoms in total. The Labute approximate surface area is 232 Å². The van der Waals surface area contributed by atoms with Crippen molar-refractivity contribution in [3.05, 3.63) is 90.4 Å². The Hall–Kier alpha value is -4.72. The van der Waals surface area contributed by atoms with Gasteiger partial charge in [-0.05, 0) is 65.9 Å². The van der Waals surface area contributed by atoms with Crippen molar-refractivity contribution in [1.82, 2.24) is 0 Å². The molecule has 0 saturated carbocycles. The third-order valence-corrected chi connectivity index (χ3v) is 6.48. The molecule has 0 unspecified atom stereocenters. The highest BCUT2D eigenvalue weighted by Crippen LogP contribution is 2.29. The molecule has 3 aromatic carbocycles. The lowest BCUT2D eigenvalue weighted by atomic mass is 10.0. The van der Waals surface area contributed by atoms with Gasteiger partial charge in [-0.15, -0.1) is 0 Å². The van der Waals surface area contributed by atoms with Gasteiger partial charge < -0.3 is 29.2 Å². The molecule has 0 aliphatic rings. The van der Waals surface area contributed by atoms with Crippen LogP contribution in [-0.4, -0.2) is 40.5 Å². The van der Waals surface area contributed by atoms with E-state index < -0.39 is 11.9 Å². The van der Waals surface area contributed by atoms with E-state index in [1.807, 2.05) is 48.5 Å². The van der Waals surface area contributed by atoms with Crippen LogP contribution >= 0.6 is 0 Å². The minimum Gasteiger partial charge on any atom is -0.508 e. The number of phenolic OH excluding ortho intramolecular Hbond substituents is 2. The number of carboxylic acids is 1. The quantitative estimate of drug-likeness (QED) is 0.0857. The maximum atomic E-state index is 12.0. The second kappa shape index (κ2) is 13.9. The molecule has 0 fully saturated rings. The molecule has 0 amide bonds. The molecular weight excluding hydrogens is 512 g/mol. The number of hydrogen-bond donors (Lipinski definition) is 3. The number of carboxylic acid groups (broad SMARTS) is 1. The number of esters is 1. The molecule has 3 N–H and O–H groups in total. The molecule has 4 rings (SSSR count). The predicted molar refractivity (Wildman–Crippen MR) is 150 cm³/mol. The van der Waals surface area contributed by atoms with Crippen LogP contribution in [0.15, 0.2) is 83.5 Å². The number of hydrogen-bond acceptors (Lipinski definition) is 7. The van der Waals surface area contributed by atoms with Gasteiger partial charge >= 0.3 is 11.9 Å². The van der Waals surface area contributed by atoms with Crippen molar-refractivity contribution in [1.29, 1.82) is 0 Å². The van der Waals surface area contributed by atoms with Gasteiger partial charge in [0.05, 0.1) is 19.5 Å². The summed E-state index contributed by atoms with van der Waals surface area (Å²) in [7, 11) is 0. The molecule has 0 aliphatic heterocycles. The summed E-state index contributed by atoms with van der Waals surface area (Å²) in [6.45, 7) is 0.906. The average Bonchev–Trinajstić information content (AvgIpc) is 3.46. The van der Waals surface area contributed by atoms with Crippen LogP contribution in [0.4, 0.5) is 0 Å². The Bertz CT molecular complexity index is 1400. The van der Waals surface area contributed by atoms with Crippen LogP contribution in [0.25, 0.3) is 22.3 Å². The summed E-state index contributed by atoms with van der Waals surface area (Å²) in [6, 6.07) is 21.0. The van der Waals surface area contributed by atoms with Crippen molar-refractivity contribution in [2.24, 2.45) is 0 Å². The Morgan fingerprint density at radius 3 is 1.98 bits per heavy atom. The SMILES string of the molecule is O=C(OCCCCCCCCOc1ccc(-c2ccc(-c3ccoc3C(=O)O)cc2)cc1)c1cc(O)ccc1O. The predicted octanol–water partition coefficient (Wildman–Crippen LogP) is 7.30. The summed E-state index contributed by atoms with van der Waals surface area (Å²) < 4.78 is 16.1. The van der Waals surface area contributed by atoms with E-state index in [-0.39, 0.29) is 29.4 Å². The van der Waals surface area contributed by atoms with Crippen molar-refractivity contribution < 1.29 is 38.8 Å². The summed E-state index contributed by atoms with van der Waals surface area (Å²) in [5.41, 5.74) is 3.35. The summed E-state index contributed by atoms with van der Waals surface area (Å²) >= 11 is 0. The number of unbranched alkanes of at least 4 members (excludes halogenated alkanes) is 5. The maximum absolute atomic E-state index is 12.0. The van der Waals surface area contributed by atoms with E-state index in [9.17, 15) is 24.9 Å². The number of phenols is 2. The molecule has 4 aromatic rings. The molecule has 0 atom stereocenters. The van der Waals surface area contributed by atoms with Crippen molar-refractivity contribution in [3.8, 4) is 39.5 Å². The zero-order valence-electron chi connectivity index (χ0n) is 22.0. The van der Waals surface area contributed by atoms with Crippen LogP contribution in [0.3, 0.4) is 0 Å². The molecule has 0 saturated heterocycles. The molecule has 0 aliphatic carbocycles. The average molecular weight is 545 g/mol. The fourth-order valence-electron chi connectivity index (χ4n) is 4.32. The Balaban J connectivity index is 1.09. The number of furan rings is 1. The molecular formula is C32H32O8. The van der Waals surface area contributed by atoms with Crippen molar-refractivity contribution in [2.45, 2.75) is 38.5 Å². The first-order valence-electron chi connectivity index (χ1n) is 13.3. The van der Waals surface area contributed by atoms with Crippen LogP contribution < -0.4 is 4.74 Å². The van der Waals surface area contributed by atoms with Gasteiger partial charge in [0.1, 0.15) is 22.8 Å². The Morgan fingerprint density at radius 1 is 0.700 bits per heavy atom. The first-order valence-corrected chi connectivity index (χ1v) is 13.3. The zero-order valence-corrected chi connectivity index (χ0v) is 22.0. The minimum absolute atomic E-state index is 0.0349. The van der Waals surface area contributed by atoms with E-state index in [4.69, 9.17) is 13.9 Å². The van der Waals surface area contributed by atoms with E-state index in [0.29, 0.717) is 12.2 Å². The van der Waals surface area contributed by atoms with Crippen molar-refractivity contribution in [3.63, 3.8) is 0 Å². The fraction of sp³-hybridized carbons (Fsp3) is 0.250. The van der Waals surface area contributed by atoms with E-state index in [0.717, 1.165) is 61.0 Å². The fourth-order valence-corrected chi connectivity index (χ4v) is 4.32. The van der Waals surface area contributed by atoms with Gasteiger partial charge in [0.25, 0.3) is 0 Å². The van der Waals surface area contributed by atoms with E-state index >= 15 is 0 Å². The third-order valence-electron chi connectivity index (χ3n) is 6.48. The van der Waals surface area contributed by atoms with Crippen LogP contribution in [0.2, 0.25) is 0 Å². The van der Waals surface area contributed by atoms with Gasteiger partial charge in [0.2, 0.25) is 5.76 Å². The minimum atomic E-state index is -1.09. The molecule has 208 valence electrons. The lowest BCUT2D eigenvalue weighted by Gasteiger charge is -2.09. The topological polar surface area (TPSA) is 126 Å². The van der Waals surface area contributed by atoms with Gasteiger partial charge in [-0.1, -0.05) is 62.1 Å². The summed E-state index contributed by atoms with van der Waals surface area (Å²) in [5, 5.41) is 28.4. The second-order valence-electron chi connectivity index (χ2n) is 9.38. The number of aromatic hydroxyl groups is 2. The zero-order chi connectivity index (χ0) is 28.3. The molecule has 40 heavy (non-hydrogen) atoms. The first-order chi connectivity index (χ1) is 19.4. The van der Waals surface area contributed by atoms with Gasteiger partial charge in [-0.3, -0.25) is 0 Å². The number of benzene rings is 3. The normalized spacial score (nSPS) is 10.8. The Kier molecular flexibility index (Phi) is 9.83. The molecule has 0 bridgehead atoms. The molecule has 1 aromatic heterocycles. The highest BCUT2D eigenvalue weighted by Gasteiger charge is 2.15. The number of ether oxygens (including phenoxy) is 2. The molecule has 0 spiro atoms. The summed E-state index contributed by atoms with van der Waals surface area (Å²) in [4.78, 5) is 23.3. The maximum Gasteiger partial charge on any atom is 0.372 e. The number of carbonyl (C=O) groups is 2. The van der Waals surface area contributed by atoms with Crippen LogP contribution in [0, 0.1) is 0 Å². The Morgan fingerprint density at radius 2 is 1.30 bits per heavy atom. The molecule has 8 heteroatoms. The number of aromatic carboxylic acids is 1. The van der Waals surface area contributed by atoms with Gasteiger partial charge in [-0.25, -0.2) is 9.59 Å². The number of carbonyl (C=O) groups excluding carboxylic acids is 1. The van der Waals surface area contributed by atoms with E-state index in [2.05, 4.69) is 0 Å². The smallest absolute Gasteiger partial charge is 0.372 e. The van der Waals surface area contributed by atoms with Crippen molar-refractivity contribution >= 4 is 11.9 Å². The monoisotopic (exact) mass is 544 g/mol. The standard InChI is InChI=1S/C32H32O8/c33-25-13-16-29(34)28(21-25)32(37)40-19-6-4-2-1-3-5-18-38-26-14-11-23(12-15-26)22-7-9-24(10-8-22)27-17-20-39-30(27)31(35)36/h7-17,20-21,33-34H,1-6,18-19H2,(H,35,36). The lowest BCUT2D eigenvalue weighted by Crippen LogP contribution is -2.06.